The second-order valence-electron chi connectivity index (χ2n) is 20.4. The molecule has 9 atom stereocenters. The minimum atomic E-state index is -0.899. The van der Waals surface area contributed by atoms with Gasteiger partial charge in [-0.25, -0.2) is 0 Å². The predicted octanol–water partition coefficient (Wildman–Crippen LogP) is 9.57. The fourth-order valence-electron chi connectivity index (χ4n) is 13.5. The fourth-order valence-corrected chi connectivity index (χ4v) is 13.6. The standard InChI is InChI=1S/C45H66ClNO6/c1-27(2)38-31(48)22-45(34(49)26-47-25-28-10-12-29(46)13-11-28)21-20-43(8)30(39(38)45)14-15-33-42(7)18-17-35(41(5,6)32(42)16-19-44(33,43)9)53-37(52)24-40(3,4)23-36(50)51/h10-13,27,30,32-35,47,49H,14-26H2,1-9H3,(H,50,51)/t30-,32?,33-,34-,35+,42+,43-,44-,45+/m1/s1. The molecule has 1 aromatic carbocycles. The number of carbonyl (C=O) groups excluding carboxylic acids is 2. The van der Waals surface area contributed by atoms with Gasteiger partial charge in [0.15, 0.2) is 5.78 Å². The van der Waals surface area contributed by atoms with Gasteiger partial charge in [0.25, 0.3) is 0 Å². The van der Waals surface area contributed by atoms with Crippen molar-refractivity contribution in [2.75, 3.05) is 6.54 Å². The van der Waals surface area contributed by atoms with Crippen molar-refractivity contribution in [2.45, 2.75) is 152 Å². The summed E-state index contributed by atoms with van der Waals surface area (Å²) < 4.78 is 6.26. The topological polar surface area (TPSA) is 113 Å². The molecule has 0 aliphatic heterocycles. The van der Waals surface area contributed by atoms with Crippen LogP contribution in [0.2, 0.25) is 5.02 Å². The molecule has 1 unspecified atom stereocenters. The fraction of sp³-hybridized carbons (Fsp3) is 0.756. The third-order valence-corrected chi connectivity index (χ3v) is 16.4. The highest BCUT2D eigenvalue weighted by molar-refractivity contribution is 6.30. The lowest BCUT2D eigenvalue weighted by Crippen LogP contribution is -2.66. The number of Topliss-reactive ketones (excluding diaryl/α,β-unsaturated/α-hetero) is 1. The van der Waals surface area contributed by atoms with Crippen LogP contribution >= 0.6 is 11.6 Å². The summed E-state index contributed by atoms with van der Waals surface area (Å²) in [5.74, 6) is 0.305. The van der Waals surface area contributed by atoms with E-state index in [2.05, 4.69) is 53.8 Å². The van der Waals surface area contributed by atoms with Crippen molar-refractivity contribution >= 4 is 29.3 Å². The second-order valence-corrected chi connectivity index (χ2v) is 20.8. The zero-order valence-corrected chi connectivity index (χ0v) is 34.6. The number of carboxylic acid groups (broad SMARTS) is 1. The molecule has 4 fully saturated rings. The molecule has 53 heavy (non-hydrogen) atoms. The van der Waals surface area contributed by atoms with E-state index < -0.39 is 22.9 Å². The number of ketones is 1. The van der Waals surface area contributed by atoms with E-state index in [1.165, 1.54) is 5.57 Å². The van der Waals surface area contributed by atoms with Gasteiger partial charge in [-0.05, 0) is 120 Å². The van der Waals surface area contributed by atoms with Gasteiger partial charge in [0, 0.05) is 35.4 Å². The third-order valence-electron chi connectivity index (χ3n) is 16.2. The summed E-state index contributed by atoms with van der Waals surface area (Å²) in [5, 5.41) is 25.7. The molecule has 0 spiro atoms. The van der Waals surface area contributed by atoms with Crippen molar-refractivity contribution in [3.63, 3.8) is 0 Å². The summed E-state index contributed by atoms with van der Waals surface area (Å²) in [5.41, 5.74) is 2.14. The molecular formula is C45H66ClNO6. The number of hydrogen-bond donors (Lipinski definition) is 3. The van der Waals surface area contributed by atoms with Crippen LogP contribution in [0.4, 0.5) is 0 Å². The van der Waals surface area contributed by atoms with Crippen LogP contribution in [0.3, 0.4) is 0 Å². The number of carbonyl (C=O) groups is 3. The van der Waals surface area contributed by atoms with Gasteiger partial charge in [0.2, 0.25) is 0 Å². The number of allylic oxidation sites excluding steroid dienone is 1. The Kier molecular flexibility index (Phi) is 10.7. The van der Waals surface area contributed by atoms with Crippen molar-refractivity contribution < 1.29 is 29.3 Å². The van der Waals surface area contributed by atoms with Crippen molar-refractivity contribution in [1.82, 2.24) is 5.32 Å². The highest BCUT2D eigenvalue weighted by Gasteiger charge is 2.70. The maximum atomic E-state index is 14.0. The number of esters is 1. The smallest absolute Gasteiger partial charge is 0.306 e. The molecule has 7 nitrogen and oxygen atoms in total. The number of nitrogens with one attached hydrogen (secondary N) is 1. The summed E-state index contributed by atoms with van der Waals surface area (Å²) >= 11 is 6.11. The van der Waals surface area contributed by atoms with Crippen LogP contribution in [-0.4, -0.2) is 46.7 Å². The quantitative estimate of drug-likeness (QED) is 0.193. The first-order valence-corrected chi connectivity index (χ1v) is 20.8. The lowest BCUT2D eigenvalue weighted by Gasteiger charge is -2.72. The SMILES string of the molecule is CC(C)C1=C2[C@H]3CC[C@@H]4[C@@]5(C)CC[C@H](OC(=O)CC(C)(C)CC(=O)O)C(C)(C)C5CC[C@@]4(C)[C@]3(C)CC[C@@]2([C@H](O)CNCc2ccc(Cl)cc2)CC1=O. The molecule has 0 aromatic heterocycles. The van der Waals surface area contributed by atoms with Crippen LogP contribution in [-0.2, 0) is 25.7 Å². The Morgan fingerprint density at radius 2 is 1.60 bits per heavy atom. The number of carboxylic acids is 1. The number of aliphatic carboxylic acids is 1. The average Bonchev–Trinajstić information content (AvgIpc) is 3.36. The molecule has 3 N–H and O–H groups in total. The first-order valence-electron chi connectivity index (χ1n) is 20.4. The molecule has 0 bridgehead atoms. The molecule has 8 heteroatoms. The van der Waals surface area contributed by atoms with Crippen molar-refractivity contribution in [1.29, 1.82) is 0 Å². The monoisotopic (exact) mass is 751 g/mol. The van der Waals surface area contributed by atoms with Crippen LogP contribution < -0.4 is 5.32 Å². The first-order chi connectivity index (χ1) is 24.6. The van der Waals surface area contributed by atoms with Gasteiger partial charge in [-0.1, -0.05) is 91.6 Å². The molecule has 5 aliphatic carbocycles. The van der Waals surface area contributed by atoms with Gasteiger partial charge in [0.1, 0.15) is 6.10 Å². The van der Waals surface area contributed by atoms with Gasteiger partial charge in [-0.15, -0.1) is 0 Å². The van der Waals surface area contributed by atoms with E-state index in [4.69, 9.17) is 16.3 Å². The molecule has 0 heterocycles. The highest BCUT2D eigenvalue weighted by Crippen LogP contribution is 2.77. The van der Waals surface area contributed by atoms with E-state index in [0.717, 1.165) is 62.5 Å². The normalized spacial score (nSPS) is 37.0. The van der Waals surface area contributed by atoms with Crippen LogP contribution in [0.15, 0.2) is 35.4 Å². The number of fused-ring (bicyclic) bond motifs is 7. The Morgan fingerprint density at radius 3 is 2.25 bits per heavy atom. The molecule has 6 rings (SSSR count). The lowest BCUT2D eigenvalue weighted by atomic mass is 9.33. The van der Waals surface area contributed by atoms with Crippen LogP contribution in [0.25, 0.3) is 0 Å². The zero-order valence-electron chi connectivity index (χ0n) is 33.9. The Balaban J connectivity index is 1.24. The van der Waals surface area contributed by atoms with Gasteiger partial charge >= 0.3 is 11.9 Å². The van der Waals surface area contributed by atoms with Crippen LogP contribution in [0, 0.1) is 56.2 Å². The maximum Gasteiger partial charge on any atom is 0.306 e. The minimum absolute atomic E-state index is 0.00682. The van der Waals surface area contributed by atoms with Crippen LogP contribution in [0.1, 0.15) is 139 Å². The predicted molar refractivity (Wildman–Crippen MR) is 209 cm³/mol. The molecule has 0 radical (unpaired) electrons. The lowest BCUT2D eigenvalue weighted by molar-refractivity contribution is -0.235. The molecule has 4 saturated carbocycles. The Hall–Kier alpha value is -2.22. The number of rotatable bonds is 11. The second kappa shape index (κ2) is 14.1. The van der Waals surface area contributed by atoms with Gasteiger partial charge < -0.3 is 20.3 Å². The molecule has 5 aliphatic rings. The summed E-state index contributed by atoms with van der Waals surface area (Å²) in [6, 6.07) is 7.80. The largest absolute Gasteiger partial charge is 0.481 e. The minimum Gasteiger partial charge on any atom is -0.481 e. The number of aliphatic hydroxyl groups excluding tert-OH is 1. The summed E-state index contributed by atoms with van der Waals surface area (Å²) in [6.07, 6.45) is 7.51. The van der Waals surface area contributed by atoms with E-state index in [9.17, 15) is 24.6 Å². The summed E-state index contributed by atoms with van der Waals surface area (Å²) in [7, 11) is 0. The van der Waals surface area contributed by atoms with Crippen LogP contribution in [0.5, 0.6) is 0 Å². The van der Waals surface area contributed by atoms with Crippen molar-refractivity contribution in [3.05, 3.63) is 46.0 Å². The van der Waals surface area contributed by atoms with Crippen molar-refractivity contribution in [2.24, 2.45) is 56.2 Å². The van der Waals surface area contributed by atoms with E-state index in [1.54, 1.807) is 0 Å². The van der Waals surface area contributed by atoms with Gasteiger partial charge in [-0.3, -0.25) is 14.4 Å². The van der Waals surface area contributed by atoms with Gasteiger partial charge in [0.05, 0.1) is 18.9 Å². The maximum absolute atomic E-state index is 14.0. The molecular weight excluding hydrogens is 686 g/mol. The number of hydrogen-bond acceptors (Lipinski definition) is 6. The van der Waals surface area contributed by atoms with E-state index in [0.29, 0.717) is 36.4 Å². The summed E-state index contributed by atoms with van der Waals surface area (Å²) in [4.78, 5) is 38.7. The van der Waals surface area contributed by atoms with Crippen molar-refractivity contribution in [3.8, 4) is 0 Å². The van der Waals surface area contributed by atoms with Gasteiger partial charge in [-0.2, -0.15) is 0 Å². The number of ether oxygens (including phenoxy) is 1. The molecule has 0 amide bonds. The van der Waals surface area contributed by atoms with E-state index in [1.807, 2.05) is 38.1 Å². The number of aliphatic hydroxyl groups is 1. The number of halogens is 1. The average molecular weight is 752 g/mol. The third kappa shape index (κ3) is 6.75. The highest BCUT2D eigenvalue weighted by atomic mass is 35.5. The molecule has 0 saturated heterocycles. The zero-order chi connectivity index (χ0) is 38.9. The summed E-state index contributed by atoms with van der Waals surface area (Å²) in [6.45, 7) is 21.3. The Morgan fingerprint density at radius 1 is 0.925 bits per heavy atom. The van der Waals surface area contributed by atoms with E-state index >= 15 is 0 Å². The first kappa shape index (κ1) is 40.4. The Bertz CT molecular complexity index is 1630. The molecule has 294 valence electrons. The Labute approximate surface area is 323 Å². The molecule has 1 aromatic rings. The number of benzene rings is 1. The van der Waals surface area contributed by atoms with E-state index in [-0.39, 0.29) is 64.2 Å².